The topological polar surface area (TPSA) is 59.3 Å². The Hall–Kier alpha value is -3.58. The standard InChI is InChI=1S/C22H17NO3/c23-15-19-11-5-7-13-21(19)26-22(24)16-25-20-12-6-4-10-18(20)14-17-8-2-1-3-9-17/h1-13H,14,16H2. The van der Waals surface area contributed by atoms with E-state index < -0.39 is 5.97 Å². The second-order valence-electron chi connectivity index (χ2n) is 5.64. The Bertz CT molecular complexity index is 929. The highest BCUT2D eigenvalue weighted by atomic mass is 16.6. The first-order valence-electron chi connectivity index (χ1n) is 8.20. The zero-order valence-electron chi connectivity index (χ0n) is 14.1. The van der Waals surface area contributed by atoms with Crippen molar-refractivity contribution < 1.29 is 14.3 Å². The molecule has 0 atom stereocenters. The molecule has 4 heteroatoms. The van der Waals surface area contributed by atoms with E-state index in [1.807, 2.05) is 60.7 Å². The van der Waals surface area contributed by atoms with Crippen LogP contribution in [0.25, 0.3) is 0 Å². The van der Waals surface area contributed by atoms with Crippen molar-refractivity contribution in [2.45, 2.75) is 6.42 Å². The third-order valence-corrected chi connectivity index (χ3v) is 3.79. The highest BCUT2D eigenvalue weighted by Crippen LogP contribution is 2.22. The van der Waals surface area contributed by atoms with E-state index in [-0.39, 0.29) is 12.4 Å². The summed E-state index contributed by atoms with van der Waals surface area (Å²) in [6, 6.07) is 26.2. The first-order valence-corrected chi connectivity index (χ1v) is 8.20. The van der Waals surface area contributed by atoms with Crippen molar-refractivity contribution in [1.82, 2.24) is 0 Å². The molecule has 4 nitrogen and oxygen atoms in total. The fourth-order valence-electron chi connectivity index (χ4n) is 2.54. The molecule has 0 bridgehead atoms. The van der Waals surface area contributed by atoms with Crippen LogP contribution in [0.4, 0.5) is 0 Å². The van der Waals surface area contributed by atoms with Crippen LogP contribution in [0.5, 0.6) is 11.5 Å². The number of carbonyl (C=O) groups is 1. The number of hydrogen-bond acceptors (Lipinski definition) is 4. The van der Waals surface area contributed by atoms with E-state index in [1.54, 1.807) is 24.3 Å². The Morgan fingerprint density at radius 1 is 0.846 bits per heavy atom. The predicted octanol–water partition coefficient (Wildman–Crippen LogP) is 4.13. The number of para-hydroxylation sites is 2. The van der Waals surface area contributed by atoms with Crippen LogP contribution < -0.4 is 9.47 Å². The molecule has 0 aromatic heterocycles. The maximum absolute atomic E-state index is 12.1. The van der Waals surface area contributed by atoms with E-state index in [1.165, 1.54) is 0 Å². The Morgan fingerprint density at radius 2 is 1.50 bits per heavy atom. The van der Waals surface area contributed by atoms with Gasteiger partial charge in [0, 0.05) is 6.42 Å². The first-order chi connectivity index (χ1) is 12.8. The lowest BCUT2D eigenvalue weighted by Crippen LogP contribution is -2.18. The van der Waals surface area contributed by atoms with Crippen LogP contribution in [0.1, 0.15) is 16.7 Å². The summed E-state index contributed by atoms with van der Waals surface area (Å²) < 4.78 is 10.9. The molecule has 0 amide bonds. The second kappa shape index (κ2) is 8.50. The number of esters is 1. The molecule has 0 saturated carbocycles. The minimum absolute atomic E-state index is 0.231. The molecular weight excluding hydrogens is 326 g/mol. The van der Waals surface area contributed by atoms with Gasteiger partial charge in [-0.3, -0.25) is 0 Å². The summed E-state index contributed by atoms with van der Waals surface area (Å²) in [7, 11) is 0. The zero-order chi connectivity index (χ0) is 18.2. The third-order valence-electron chi connectivity index (χ3n) is 3.79. The quantitative estimate of drug-likeness (QED) is 0.499. The van der Waals surface area contributed by atoms with Crippen LogP contribution in [0.3, 0.4) is 0 Å². The predicted molar refractivity (Wildman–Crippen MR) is 98.0 cm³/mol. The molecule has 0 fully saturated rings. The average molecular weight is 343 g/mol. The highest BCUT2D eigenvalue weighted by Gasteiger charge is 2.11. The normalized spacial score (nSPS) is 9.96. The van der Waals surface area contributed by atoms with Crippen LogP contribution >= 0.6 is 0 Å². The lowest BCUT2D eigenvalue weighted by atomic mass is 10.0. The van der Waals surface area contributed by atoms with Crippen molar-refractivity contribution >= 4 is 5.97 Å². The first kappa shape index (κ1) is 17.2. The fraction of sp³-hybridized carbons (Fsp3) is 0.0909. The van der Waals surface area contributed by atoms with E-state index in [2.05, 4.69) is 0 Å². The van der Waals surface area contributed by atoms with Gasteiger partial charge in [0.05, 0.1) is 5.56 Å². The molecule has 0 aliphatic heterocycles. The number of rotatable bonds is 6. The van der Waals surface area contributed by atoms with Gasteiger partial charge in [-0.2, -0.15) is 5.26 Å². The van der Waals surface area contributed by atoms with Crippen LogP contribution in [0.2, 0.25) is 0 Å². The lowest BCUT2D eigenvalue weighted by molar-refractivity contribution is -0.136. The van der Waals surface area contributed by atoms with Crippen molar-refractivity contribution in [2.24, 2.45) is 0 Å². The molecule has 0 saturated heterocycles. The molecule has 0 aliphatic carbocycles. The van der Waals surface area contributed by atoms with Gasteiger partial charge in [-0.15, -0.1) is 0 Å². The molecule has 0 heterocycles. The minimum Gasteiger partial charge on any atom is -0.482 e. The summed E-state index contributed by atoms with van der Waals surface area (Å²) in [5.74, 6) is 0.324. The van der Waals surface area contributed by atoms with E-state index in [4.69, 9.17) is 14.7 Å². The number of carbonyl (C=O) groups excluding carboxylic acids is 1. The zero-order valence-corrected chi connectivity index (χ0v) is 14.1. The largest absolute Gasteiger partial charge is 0.482 e. The van der Waals surface area contributed by atoms with Crippen molar-refractivity contribution in [3.05, 3.63) is 95.6 Å². The van der Waals surface area contributed by atoms with E-state index in [0.717, 1.165) is 11.1 Å². The van der Waals surface area contributed by atoms with Gasteiger partial charge in [0.2, 0.25) is 0 Å². The van der Waals surface area contributed by atoms with Crippen LogP contribution in [0.15, 0.2) is 78.9 Å². The van der Waals surface area contributed by atoms with Gasteiger partial charge in [-0.1, -0.05) is 60.7 Å². The Balaban J connectivity index is 1.65. The summed E-state index contributed by atoms with van der Waals surface area (Å²) in [4.78, 5) is 12.1. The molecule has 26 heavy (non-hydrogen) atoms. The number of nitriles is 1. The molecule has 0 unspecified atom stereocenters. The molecular formula is C22H17NO3. The molecule has 3 rings (SSSR count). The molecule has 0 N–H and O–H groups in total. The monoisotopic (exact) mass is 343 g/mol. The van der Waals surface area contributed by atoms with E-state index >= 15 is 0 Å². The summed E-state index contributed by atoms with van der Waals surface area (Å²) in [6.07, 6.45) is 0.712. The molecule has 3 aromatic rings. The summed E-state index contributed by atoms with van der Waals surface area (Å²) >= 11 is 0. The Labute approximate surface area is 152 Å². The van der Waals surface area contributed by atoms with Crippen LogP contribution in [0, 0.1) is 11.3 Å². The summed E-state index contributed by atoms with van der Waals surface area (Å²) in [5, 5.41) is 9.04. The van der Waals surface area contributed by atoms with Gasteiger partial charge < -0.3 is 9.47 Å². The molecule has 0 radical (unpaired) electrons. The van der Waals surface area contributed by atoms with Gasteiger partial charge in [0.1, 0.15) is 17.6 Å². The molecule has 128 valence electrons. The van der Waals surface area contributed by atoms with Gasteiger partial charge in [-0.25, -0.2) is 4.79 Å². The van der Waals surface area contributed by atoms with Gasteiger partial charge in [-0.05, 0) is 29.3 Å². The van der Waals surface area contributed by atoms with Crippen molar-refractivity contribution in [3.8, 4) is 17.6 Å². The molecule has 0 aliphatic rings. The summed E-state index contributed by atoms with van der Waals surface area (Å²) in [5.41, 5.74) is 2.46. The van der Waals surface area contributed by atoms with Gasteiger partial charge >= 0.3 is 5.97 Å². The van der Waals surface area contributed by atoms with E-state index in [9.17, 15) is 4.79 Å². The smallest absolute Gasteiger partial charge is 0.349 e. The number of nitrogens with zero attached hydrogens (tertiary/aromatic N) is 1. The SMILES string of the molecule is N#Cc1ccccc1OC(=O)COc1ccccc1Cc1ccccc1. The maximum Gasteiger partial charge on any atom is 0.349 e. The number of benzene rings is 3. The van der Waals surface area contributed by atoms with Crippen LogP contribution in [-0.4, -0.2) is 12.6 Å². The van der Waals surface area contributed by atoms with Crippen LogP contribution in [-0.2, 0) is 11.2 Å². The van der Waals surface area contributed by atoms with Crippen molar-refractivity contribution in [2.75, 3.05) is 6.61 Å². The van der Waals surface area contributed by atoms with E-state index in [0.29, 0.717) is 17.7 Å². The second-order valence-corrected chi connectivity index (χ2v) is 5.64. The average Bonchev–Trinajstić information content (AvgIpc) is 2.68. The summed E-state index contributed by atoms with van der Waals surface area (Å²) in [6.45, 7) is -0.231. The Kier molecular flexibility index (Phi) is 5.64. The fourth-order valence-corrected chi connectivity index (χ4v) is 2.54. The van der Waals surface area contributed by atoms with Crippen molar-refractivity contribution in [1.29, 1.82) is 5.26 Å². The lowest BCUT2D eigenvalue weighted by Gasteiger charge is -2.11. The van der Waals surface area contributed by atoms with Gasteiger partial charge in [0.15, 0.2) is 6.61 Å². The third kappa shape index (κ3) is 4.49. The number of hydrogen-bond donors (Lipinski definition) is 0. The Morgan fingerprint density at radius 3 is 2.27 bits per heavy atom. The molecule has 0 spiro atoms. The van der Waals surface area contributed by atoms with Gasteiger partial charge in [0.25, 0.3) is 0 Å². The highest BCUT2D eigenvalue weighted by molar-refractivity contribution is 5.74. The molecule has 3 aromatic carbocycles. The minimum atomic E-state index is -0.554. The number of ether oxygens (including phenoxy) is 2. The maximum atomic E-state index is 12.1. The van der Waals surface area contributed by atoms with Crippen molar-refractivity contribution in [3.63, 3.8) is 0 Å².